The van der Waals surface area contributed by atoms with Crippen LogP contribution in [0.1, 0.15) is 37.3 Å². The molecule has 1 aromatic carbocycles. The van der Waals surface area contributed by atoms with Gasteiger partial charge in [-0.1, -0.05) is 18.6 Å². The van der Waals surface area contributed by atoms with Crippen LogP contribution in [0, 0.1) is 0 Å². The highest BCUT2D eigenvalue weighted by molar-refractivity contribution is 5.46. The van der Waals surface area contributed by atoms with E-state index in [0.29, 0.717) is 0 Å². The molecule has 132 valence electrons. The lowest BCUT2D eigenvalue weighted by molar-refractivity contribution is -0.286. The predicted molar refractivity (Wildman–Crippen MR) is 88.5 cm³/mol. The molecule has 2 aliphatic rings. The van der Waals surface area contributed by atoms with Crippen LogP contribution >= 0.6 is 0 Å². The Kier molecular flexibility index (Phi) is 5.36. The Morgan fingerprint density at radius 2 is 1.96 bits per heavy atom. The van der Waals surface area contributed by atoms with Crippen molar-refractivity contribution in [3.8, 4) is 11.5 Å². The number of benzene rings is 1. The van der Waals surface area contributed by atoms with Gasteiger partial charge < -0.3 is 14.8 Å². The fourth-order valence-corrected chi connectivity index (χ4v) is 3.35. The minimum atomic E-state index is -3.56. The highest BCUT2D eigenvalue weighted by Gasteiger charge is 2.43. The predicted octanol–water partition coefficient (Wildman–Crippen LogP) is 3.70. The average molecular weight is 338 g/mol. The van der Waals surface area contributed by atoms with Crippen molar-refractivity contribution in [3.05, 3.63) is 36.4 Å². The van der Waals surface area contributed by atoms with Gasteiger partial charge in [0.05, 0.1) is 0 Å². The summed E-state index contributed by atoms with van der Waals surface area (Å²) in [6.45, 7) is 7.57. The van der Waals surface area contributed by atoms with Crippen molar-refractivity contribution in [3.63, 3.8) is 0 Å². The number of nitrogens with zero attached hydrogens (tertiary/aromatic N) is 1. The Labute approximate surface area is 141 Å². The lowest BCUT2D eigenvalue weighted by atomic mass is 9.97. The quantitative estimate of drug-likeness (QED) is 0.607. The van der Waals surface area contributed by atoms with Crippen molar-refractivity contribution in [2.75, 3.05) is 26.2 Å². The van der Waals surface area contributed by atoms with E-state index >= 15 is 0 Å². The van der Waals surface area contributed by atoms with Gasteiger partial charge in [-0.05, 0) is 37.0 Å². The first-order chi connectivity index (χ1) is 11.6. The third-order valence-corrected chi connectivity index (χ3v) is 4.54. The number of fused-ring (bicyclic) bond motifs is 1. The number of hydrogen-bond donors (Lipinski definition) is 1. The second-order valence-electron chi connectivity index (χ2n) is 6.25. The monoisotopic (exact) mass is 338 g/mol. The molecule has 3 rings (SSSR count). The highest BCUT2D eigenvalue weighted by atomic mass is 19.3. The van der Waals surface area contributed by atoms with Crippen LogP contribution in [0.4, 0.5) is 8.78 Å². The van der Waals surface area contributed by atoms with Crippen LogP contribution in [0.5, 0.6) is 11.5 Å². The molecular formula is C18H24F2N2O2. The Morgan fingerprint density at radius 3 is 2.71 bits per heavy atom. The van der Waals surface area contributed by atoms with Gasteiger partial charge in [-0.3, -0.25) is 4.90 Å². The molecule has 0 bridgehead atoms. The van der Waals surface area contributed by atoms with E-state index in [1.807, 2.05) is 12.1 Å². The van der Waals surface area contributed by atoms with Gasteiger partial charge in [0.2, 0.25) is 0 Å². The fraction of sp³-hybridized carbons (Fsp3) is 0.556. The average Bonchev–Trinajstić information content (AvgIpc) is 2.88. The molecule has 1 fully saturated rings. The van der Waals surface area contributed by atoms with Crippen molar-refractivity contribution >= 4 is 0 Å². The zero-order chi connectivity index (χ0) is 17.0. The molecule has 0 saturated carbocycles. The van der Waals surface area contributed by atoms with Gasteiger partial charge in [0, 0.05) is 32.2 Å². The molecule has 0 unspecified atom stereocenters. The zero-order valence-electron chi connectivity index (χ0n) is 13.8. The van der Waals surface area contributed by atoms with Crippen LogP contribution in [0.2, 0.25) is 0 Å². The second-order valence-corrected chi connectivity index (χ2v) is 6.25. The summed E-state index contributed by atoms with van der Waals surface area (Å²) < 4.78 is 35.6. The zero-order valence-corrected chi connectivity index (χ0v) is 13.8. The first-order valence-corrected chi connectivity index (χ1v) is 8.54. The third kappa shape index (κ3) is 4.05. The molecule has 0 aromatic heterocycles. The van der Waals surface area contributed by atoms with Gasteiger partial charge in [-0.15, -0.1) is 15.4 Å². The van der Waals surface area contributed by atoms with E-state index in [2.05, 4.69) is 26.3 Å². The summed E-state index contributed by atoms with van der Waals surface area (Å²) >= 11 is 0. The van der Waals surface area contributed by atoms with Crippen LogP contribution in [0.3, 0.4) is 0 Å². The van der Waals surface area contributed by atoms with E-state index < -0.39 is 6.29 Å². The number of alkyl halides is 2. The molecule has 0 aliphatic carbocycles. The molecular weight excluding hydrogens is 314 g/mol. The van der Waals surface area contributed by atoms with Crippen LogP contribution in [0.15, 0.2) is 30.9 Å². The van der Waals surface area contributed by atoms with E-state index in [-0.39, 0.29) is 17.5 Å². The summed E-state index contributed by atoms with van der Waals surface area (Å²) in [7, 11) is 0. The van der Waals surface area contributed by atoms with Gasteiger partial charge in [-0.25, -0.2) is 0 Å². The molecule has 2 heterocycles. The number of ether oxygens (including phenoxy) is 2. The molecule has 1 atom stereocenters. The van der Waals surface area contributed by atoms with Crippen molar-refractivity contribution in [2.45, 2.75) is 38.0 Å². The van der Waals surface area contributed by atoms with E-state index in [9.17, 15) is 8.78 Å². The fourth-order valence-electron chi connectivity index (χ4n) is 3.35. The van der Waals surface area contributed by atoms with Crippen molar-refractivity contribution in [1.82, 2.24) is 10.2 Å². The van der Waals surface area contributed by atoms with E-state index in [4.69, 9.17) is 0 Å². The Morgan fingerprint density at radius 1 is 1.21 bits per heavy atom. The number of rotatable bonds is 7. The highest BCUT2D eigenvalue weighted by Crippen LogP contribution is 2.43. The Balaban J connectivity index is 1.76. The van der Waals surface area contributed by atoms with E-state index in [0.717, 1.165) is 57.4 Å². The molecule has 0 amide bonds. The Bertz CT molecular complexity index is 574. The standard InChI is InChI=1S/C18H24F2N2O2/c1-2-3-4-5-6-15(22-11-9-21-10-12-22)14-7-8-16-17(13-14)24-18(19,20)23-16/h2,7-8,13,15,21H,1,3-6,9-12H2/t15-/m0/s1. The third-order valence-electron chi connectivity index (χ3n) is 4.54. The number of piperazine rings is 1. The van der Waals surface area contributed by atoms with Crippen LogP contribution < -0.4 is 14.8 Å². The number of allylic oxidation sites excluding steroid dienone is 1. The molecule has 0 spiro atoms. The summed E-state index contributed by atoms with van der Waals surface area (Å²) in [5, 5.41) is 3.35. The molecule has 4 nitrogen and oxygen atoms in total. The first-order valence-electron chi connectivity index (χ1n) is 8.54. The van der Waals surface area contributed by atoms with E-state index in [1.165, 1.54) is 0 Å². The van der Waals surface area contributed by atoms with Gasteiger partial charge in [0.1, 0.15) is 0 Å². The van der Waals surface area contributed by atoms with Crippen molar-refractivity contribution in [1.29, 1.82) is 0 Å². The Hall–Kier alpha value is -1.66. The van der Waals surface area contributed by atoms with Crippen LogP contribution in [-0.4, -0.2) is 37.4 Å². The number of hydrogen-bond acceptors (Lipinski definition) is 4. The van der Waals surface area contributed by atoms with Gasteiger partial charge in [0.25, 0.3) is 0 Å². The maximum atomic E-state index is 13.2. The summed E-state index contributed by atoms with van der Waals surface area (Å²) in [5.74, 6) is 0.234. The smallest absolute Gasteiger partial charge is 0.395 e. The van der Waals surface area contributed by atoms with E-state index in [1.54, 1.807) is 12.1 Å². The number of halogens is 2. The molecule has 1 N–H and O–H groups in total. The van der Waals surface area contributed by atoms with Crippen molar-refractivity contribution < 1.29 is 18.3 Å². The molecule has 24 heavy (non-hydrogen) atoms. The SMILES string of the molecule is C=CCCCC[C@@H](c1ccc2c(c1)OC(F)(F)O2)N1CCNCC1. The topological polar surface area (TPSA) is 33.7 Å². The molecule has 1 aromatic rings. The van der Waals surface area contributed by atoms with Crippen LogP contribution in [0.25, 0.3) is 0 Å². The summed E-state index contributed by atoms with van der Waals surface area (Å²) in [4.78, 5) is 2.42. The van der Waals surface area contributed by atoms with Crippen LogP contribution in [-0.2, 0) is 0 Å². The van der Waals surface area contributed by atoms with Gasteiger partial charge >= 0.3 is 6.29 Å². The summed E-state index contributed by atoms with van der Waals surface area (Å²) in [6, 6.07) is 5.38. The maximum absolute atomic E-state index is 13.2. The summed E-state index contributed by atoms with van der Waals surface area (Å²) in [5.41, 5.74) is 1.01. The molecule has 0 radical (unpaired) electrons. The summed E-state index contributed by atoms with van der Waals surface area (Å²) in [6.07, 6.45) is 2.53. The largest absolute Gasteiger partial charge is 0.586 e. The van der Waals surface area contributed by atoms with Gasteiger partial charge in [0.15, 0.2) is 11.5 Å². The first kappa shape index (κ1) is 17.2. The lowest BCUT2D eigenvalue weighted by Gasteiger charge is -2.35. The number of unbranched alkanes of at least 4 members (excludes halogenated alkanes) is 2. The number of nitrogens with one attached hydrogen (secondary N) is 1. The second kappa shape index (κ2) is 7.49. The lowest BCUT2D eigenvalue weighted by Crippen LogP contribution is -2.45. The molecule has 2 aliphatic heterocycles. The normalized spacial score (nSPS) is 20.8. The molecule has 1 saturated heterocycles. The van der Waals surface area contributed by atoms with Gasteiger partial charge in [-0.2, -0.15) is 0 Å². The minimum Gasteiger partial charge on any atom is -0.395 e. The maximum Gasteiger partial charge on any atom is 0.586 e. The molecule has 6 heteroatoms. The van der Waals surface area contributed by atoms with Crippen molar-refractivity contribution in [2.24, 2.45) is 0 Å². The minimum absolute atomic E-state index is 0.106.